The number of hydrogen-bond acceptors (Lipinski definition) is 1. The van der Waals surface area contributed by atoms with Crippen LogP contribution in [0.15, 0.2) is 6.20 Å². The van der Waals surface area contributed by atoms with Crippen molar-refractivity contribution in [3.63, 3.8) is 0 Å². The van der Waals surface area contributed by atoms with Crippen molar-refractivity contribution in [2.75, 3.05) is 0 Å². The van der Waals surface area contributed by atoms with Crippen LogP contribution in [-0.2, 0) is 6.42 Å². The Kier molecular flexibility index (Phi) is 1.89. The molecule has 1 heterocycles. The Morgan fingerprint density at radius 1 is 1.55 bits per heavy atom. The highest BCUT2D eigenvalue weighted by Gasteiger charge is 2.29. The van der Waals surface area contributed by atoms with Crippen LogP contribution in [0.4, 0.5) is 13.2 Å². The number of rotatable bonds is 1. The van der Waals surface area contributed by atoms with Crippen LogP contribution in [0.1, 0.15) is 11.3 Å². The first-order valence-corrected chi connectivity index (χ1v) is 3.04. The molecular formula is C6H7F3N2. The second-order valence-corrected chi connectivity index (χ2v) is 2.32. The lowest BCUT2D eigenvalue weighted by atomic mass is 10.2. The maximum Gasteiger partial charge on any atom is 0.394 e. The molecular weight excluding hydrogens is 157 g/mol. The van der Waals surface area contributed by atoms with Crippen LogP contribution in [0.2, 0.25) is 0 Å². The van der Waals surface area contributed by atoms with Crippen LogP contribution in [0.25, 0.3) is 0 Å². The molecule has 62 valence electrons. The Bertz CT molecular complexity index is 238. The number of aromatic amines is 1. The monoisotopic (exact) mass is 164 g/mol. The average molecular weight is 164 g/mol. The molecule has 0 saturated carbocycles. The van der Waals surface area contributed by atoms with E-state index >= 15 is 0 Å². The fraction of sp³-hybridized carbons (Fsp3) is 0.500. The molecule has 0 fully saturated rings. The number of nitrogens with zero attached hydrogens (tertiary/aromatic N) is 1. The van der Waals surface area contributed by atoms with Crippen molar-refractivity contribution in [2.24, 2.45) is 0 Å². The molecule has 2 nitrogen and oxygen atoms in total. The summed E-state index contributed by atoms with van der Waals surface area (Å²) in [5, 5.41) is 5.77. The van der Waals surface area contributed by atoms with Crippen molar-refractivity contribution in [1.82, 2.24) is 10.2 Å². The van der Waals surface area contributed by atoms with Crippen LogP contribution < -0.4 is 0 Å². The van der Waals surface area contributed by atoms with E-state index in [-0.39, 0.29) is 5.69 Å². The van der Waals surface area contributed by atoms with Gasteiger partial charge in [0, 0.05) is 5.69 Å². The first kappa shape index (κ1) is 8.10. The van der Waals surface area contributed by atoms with Crippen molar-refractivity contribution >= 4 is 0 Å². The van der Waals surface area contributed by atoms with Gasteiger partial charge in [-0.2, -0.15) is 18.3 Å². The van der Waals surface area contributed by atoms with Gasteiger partial charge in [0.25, 0.3) is 0 Å². The van der Waals surface area contributed by atoms with Gasteiger partial charge in [0.05, 0.1) is 12.6 Å². The van der Waals surface area contributed by atoms with E-state index in [4.69, 9.17) is 0 Å². The third kappa shape index (κ3) is 2.25. The van der Waals surface area contributed by atoms with E-state index in [1.54, 1.807) is 6.92 Å². The molecule has 1 N–H and O–H groups in total. The van der Waals surface area contributed by atoms with Gasteiger partial charge in [-0.15, -0.1) is 0 Å². The topological polar surface area (TPSA) is 28.7 Å². The van der Waals surface area contributed by atoms with Crippen LogP contribution in [0, 0.1) is 6.92 Å². The molecule has 5 heteroatoms. The van der Waals surface area contributed by atoms with Gasteiger partial charge in [0.2, 0.25) is 0 Å². The van der Waals surface area contributed by atoms with E-state index in [0.29, 0.717) is 5.56 Å². The first-order valence-electron chi connectivity index (χ1n) is 3.04. The van der Waals surface area contributed by atoms with Gasteiger partial charge in [-0.1, -0.05) is 0 Å². The fourth-order valence-corrected chi connectivity index (χ4v) is 0.753. The predicted molar refractivity (Wildman–Crippen MR) is 33.1 cm³/mol. The van der Waals surface area contributed by atoms with Gasteiger partial charge in [0.15, 0.2) is 0 Å². The number of halogens is 3. The third-order valence-corrected chi connectivity index (χ3v) is 1.31. The third-order valence-electron chi connectivity index (χ3n) is 1.31. The summed E-state index contributed by atoms with van der Waals surface area (Å²) in [6.07, 6.45) is -3.71. The molecule has 0 aliphatic heterocycles. The van der Waals surface area contributed by atoms with Gasteiger partial charge in [-0.05, 0) is 12.5 Å². The number of aromatic nitrogens is 2. The Morgan fingerprint density at radius 3 is 2.55 bits per heavy atom. The second-order valence-electron chi connectivity index (χ2n) is 2.32. The lowest BCUT2D eigenvalue weighted by Crippen LogP contribution is -2.12. The SMILES string of the molecule is Cc1cn[nH]c1CC(F)(F)F. The molecule has 0 unspecified atom stereocenters. The Morgan fingerprint density at radius 2 is 2.18 bits per heavy atom. The Balaban J connectivity index is 2.72. The van der Waals surface area contributed by atoms with E-state index in [2.05, 4.69) is 10.2 Å². The van der Waals surface area contributed by atoms with Gasteiger partial charge >= 0.3 is 6.18 Å². The molecule has 0 saturated heterocycles. The zero-order valence-corrected chi connectivity index (χ0v) is 5.87. The van der Waals surface area contributed by atoms with Crippen molar-refractivity contribution in [3.8, 4) is 0 Å². The summed E-state index contributed by atoms with van der Waals surface area (Å²) in [4.78, 5) is 0. The molecule has 11 heavy (non-hydrogen) atoms. The Labute approximate surface area is 61.4 Å². The zero-order valence-electron chi connectivity index (χ0n) is 5.87. The number of hydrogen-bond donors (Lipinski definition) is 1. The van der Waals surface area contributed by atoms with Gasteiger partial charge in [-0.3, -0.25) is 5.10 Å². The lowest BCUT2D eigenvalue weighted by molar-refractivity contribution is -0.127. The molecule has 0 spiro atoms. The summed E-state index contributed by atoms with van der Waals surface area (Å²) in [6, 6.07) is 0. The number of aryl methyl sites for hydroxylation is 1. The van der Waals surface area contributed by atoms with Crippen LogP contribution in [-0.4, -0.2) is 16.4 Å². The molecule has 1 aromatic heterocycles. The molecule has 0 aliphatic carbocycles. The largest absolute Gasteiger partial charge is 0.394 e. The summed E-state index contributed by atoms with van der Waals surface area (Å²) in [5.41, 5.74) is 0.680. The number of nitrogens with one attached hydrogen (secondary N) is 1. The standard InChI is InChI=1S/C6H7F3N2/c1-4-3-10-11-5(4)2-6(7,8)9/h3H,2H2,1H3,(H,10,11). The van der Waals surface area contributed by atoms with Crippen LogP contribution in [0.3, 0.4) is 0 Å². The van der Waals surface area contributed by atoms with Gasteiger partial charge in [0.1, 0.15) is 0 Å². The minimum atomic E-state index is -4.16. The second kappa shape index (κ2) is 2.56. The highest BCUT2D eigenvalue weighted by molar-refractivity contribution is 5.14. The number of H-pyrrole nitrogens is 1. The predicted octanol–water partition coefficient (Wildman–Crippen LogP) is 1.82. The lowest BCUT2D eigenvalue weighted by Gasteiger charge is -2.03. The quantitative estimate of drug-likeness (QED) is 0.673. The average Bonchev–Trinajstić information content (AvgIpc) is 2.12. The van der Waals surface area contributed by atoms with Crippen molar-refractivity contribution < 1.29 is 13.2 Å². The van der Waals surface area contributed by atoms with E-state index < -0.39 is 12.6 Å². The molecule has 0 amide bonds. The smallest absolute Gasteiger partial charge is 0.282 e. The molecule has 0 atom stereocenters. The first-order chi connectivity index (χ1) is 4.99. The fourth-order valence-electron chi connectivity index (χ4n) is 0.753. The zero-order chi connectivity index (χ0) is 8.48. The highest BCUT2D eigenvalue weighted by atomic mass is 19.4. The van der Waals surface area contributed by atoms with Crippen molar-refractivity contribution in [2.45, 2.75) is 19.5 Å². The van der Waals surface area contributed by atoms with E-state index in [1.165, 1.54) is 6.20 Å². The van der Waals surface area contributed by atoms with Crippen LogP contribution >= 0.6 is 0 Å². The molecule has 0 bridgehead atoms. The molecule has 0 aromatic carbocycles. The minimum Gasteiger partial charge on any atom is -0.282 e. The van der Waals surface area contributed by atoms with Crippen molar-refractivity contribution in [1.29, 1.82) is 0 Å². The van der Waals surface area contributed by atoms with E-state index in [1.807, 2.05) is 0 Å². The van der Waals surface area contributed by atoms with Gasteiger partial charge in [-0.25, -0.2) is 0 Å². The highest BCUT2D eigenvalue weighted by Crippen LogP contribution is 2.21. The maximum absolute atomic E-state index is 11.8. The summed E-state index contributed by atoms with van der Waals surface area (Å²) in [7, 11) is 0. The van der Waals surface area contributed by atoms with E-state index in [0.717, 1.165) is 0 Å². The molecule has 0 aliphatic rings. The Hall–Kier alpha value is -1.00. The summed E-state index contributed by atoms with van der Waals surface area (Å²) < 4.78 is 35.3. The molecule has 1 aromatic rings. The van der Waals surface area contributed by atoms with E-state index in [9.17, 15) is 13.2 Å². The molecule has 0 radical (unpaired) electrons. The summed E-state index contributed by atoms with van der Waals surface area (Å²) >= 11 is 0. The number of alkyl halides is 3. The minimum absolute atomic E-state index is 0.137. The molecule has 1 rings (SSSR count). The van der Waals surface area contributed by atoms with Gasteiger partial charge < -0.3 is 0 Å². The van der Waals surface area contributed by atoms with Crippen LogP contribution in [0.5, 0.6) is 0 Å². The summed E-state index contributed by atoms with van der Waals surface area (Å²) in [5.74, 6) is 0. The normalized spacial score (nSPS) is 12.0. The maximum atomic E-state index is 11.8. The summed E-state index contributed by atoms with van der Waals surface area (Å²) in [6.45, 7) is 1.59. The van der Waals surface area contributed by atoms with Crippen molar-refractivity contribution in [3.05, 3.63) is 17.5 Å².